The molecular formula is C19H25FN6. The summed E-state index contributed by atoms with van der Waals surface area (Å²) in [5, 5.41) is 0. The molecule has 3 saturated heterocycles. The standard InChI is InChI=1S/C19H25FN6/c1-11-6-12(2)24-18(23-11)25-8-13-7-14(9-25)26(13)17-15(20)16(19(3,4)5)21-10-22-17/h6,10,13-14H,7-9H2,1-5H3. The molecule has 6 nitrogen and oxygen atoms in total. The Hall–Kier alpha value is -2.31. The molecule has 0 aliphatic carbocycles. The van der Waals surface area contributed by atoms with Crippen molar-refractivity contribution >= 4 is 11.8 Å². The molecule has 0 N–H and O–H groups in total. The number of anilines is 2. The maximum Gasteiger partial charge on any atom is 0.225 e. The molecule has 3 fully saturated rings. The molecule has 5 rings (SSSR count). The van der Waals surface area contributed by atoms with E-state index in [1.54, 1.807) is 0 Å². The van der Waals surface area contributed by atoms with Gasteiger partial charge in [-0.05, 0) is 26.3 Å². The van der Waals surface area contributed by atoms with Crippen LogP contribution < -0.4 is 9.80 Å². The maximum atomic E-state index is 15.1. The van der Waals surface area contributed by atoms with Crippen molar-refractivity contribution in [3.05, 3.63) is 35.3 Å². The first-order valence-electron chi connectivity index (χ1n) is 9.10. The molecule has 2 atom stereocenters. The van der Waals surface area contributed by atoms with Crippen molar-refractivity contribution in [1.82, 2.24) is 19.9 Å². The monoisotopic (exact) mass is 356 g/mol. The zero-order valence-electron chi connectivity index (χ0n) is 16.0. The van der Waals surface area contributed by atoms with Crippen LogP contribution in [0.15, 0.2) is 12.4 Å². The molecule has 3 aliphatic heterocycles. The fraction of sp³-hybridized carbons (Fsp3) is 0.579. The Bertz CT molecular complexity index is 814. The summed E-state index contributed by atoms with van der Waals surface area (Å²) in [6, 6.07) is 2.44. The number of aromatic nitrogens is 4. The van der Waals surface area contributed by atoms with Crippen molar-refractivity contribution < 1.29 is 4.39 Å². The molecule has 0 amide bonds. The zero-order valence-corrected chi connectivity index (χ0v) is 16.0. The summed E-state index contributed by atoms with van der Waals surface area (Å²) in [7, 11) is 0. The first-order chi connectivity index (χ1) is 12.2. The van der Waals surface area contributed by atoms with E-state index in [-0.39, 0.29) is 23.3 Å². The summed E-state index contributed by atoms with van der Waals surface area (Å²) in [5.74, 6) is 0.924. The van der Waals surface area contributed by atoms with Gasteiger partial charge >= 0.3 is 0 Å². The topological polar surface area (TPSA) is 58.0 Å². The normalized spacial score (nSPS) is 22.4. The van der Waals surface area contributed by atoms with Gasteiger partial charge in [-0.15, -0.1) is 0 Å². The molecule has 138 valence electrons. The van der Waals surface area contributed by atoms with Gasteiger partial charge in [0, 0.05) is 29.9 Å². The average molecular weight is 356 g/mol. The van der Waals surface area contributed by atoms with Crippen LogP contribution in [0.3, 0.4) is 0 Å². The lowest BCUT2D eigenvalue weighted by molar-refractivity contribution is 0.281. The largest absolute Gasteiger partial charge is 0.344 e. The quantitative estimate of drug-likeness (QED) is 0.825. The fourth-order valence-corrected chi connectivity index (χ4v) is 4.03. The lowest BCUT2D eigenvalue weighted by atomic mass is 9.86. The minimum Gasteiger partial charge on any atom is -0.344 e. The molecule has 2 aromatic heterocycles. The van der Waals surface area contributed by atoms with Crippen LogP contribution in [-0.2, 0) is 5.41 Å². The lowest BCUT2D eigenvalue weighted by Crippen LogP contribution is -2.70. The van der Waals surface area contributed by atoms with Gasteiger partial charge in [0.2, 0.25) is 5.95 Å². The van der Waals surface area contributed by atoms with E-state index in [2.05, 4.69) is 29.7 Å². The van der Waals surface area contributed by atoms with Crippen LogP contribution in [0, 0.1) is 19.7 Å². The van der Waals surface area contributed by atoms with E-state index in [9.17, 15) is 0 Å². The van der Waals surface area contributed by atoms with E-state index in [4.69, 9.17) is 0 Å². The smallest absolute Gasteiger partial charge is 0.225 e. The van der Waals surface area contributed by atoms with E-state index >= 15 is 4.39 Å². The number of rotatable bonds is 2. The highest BCUT2D eigenvalue weighted by molar-refractivity contribution is 5.52. The summed E-state index contributed by atoms with van der Waals surface area (Å²) in [5.41, 5.74) is 2.07. The number of hydrogen-bond acceptors (Lipinski definition) is 6. The van der Waals surface area contributed by atoms with Gasteiger partial charge in [-0.1, -0.05) is 20.8 Å². The van der Waals surface area contributed by atoms with Gasteiger partial charge in [0.25, 0.3) is 0 Å². The number of fused-ring (bicyclic) bond motifs is 2. The van der Waals surface area contributed by atoms with Crippen molar-refractivity contribution in [1.29, 1.82) is 0 Å². The Morgan fingerprint density at radius 2 is 1.65 bits per heavy atom. The van der Waals surface area contributed by atoms with E-state index in [0.29, 0.717) is 11.5 Å². The van der Waals surface area contributed by atoms with Crippen LogP contribution in [0.1, 0.15) is 44.3 Å². The van der Waals surface area contributed by atoms with Crippen LogP contribution in [0.2, 0.25) is 0 Å². The van der Waals surface area contributed by atoms with E-state index in [1.165, 1.54) is 6.33 Å². The number of nitrogens with zero attached hydrogens (tertiary/aromatic N) is 6. The molecule has 0 saturated carbocycles. The second-order valence-electron chi connectivity index (χ2n) is 8.42. The van der Waals surface area contributed by atoms with Crippen LogP contribution in [0.25, 0.3) is 0 Å². The summed E-state index contributed by atoms with van der Waals surface area (Å²) in [6.45, 7) is 11.5. The lowest BCUT2D eigenvalue weighted by Gasteiger charge is -2.56. The Morgan fingerprint density at radius 3 is 2.23 bits per heavy atom. The molecule has 0 aromatic carbocycles. The minimum atomic E-state index is -0.347. The van der Waals surface area contributed by atoms with Crippen molar-refractivity contribution in [3.8, 4) is 0 Å². The molecule has 26 heavy (non-hydrogen) atoms. The Morgan fingerprint density at radius 1 is 1.04 bits per heavy atom. The predicted molar refractivity (Wildman–Crippen MR) is 99.1 cm³/mol. The molecule has 5 heterocycles. The van der Waals surface area contributed by atoms with Crippen LogP contribution >= 0.6 is 0 Å². The van der Waals surface area contributed by atoms with Gasteiger partial charge < -0.3 is 9.80 Å². The number of halogens is 1. The van der Waals surface area contributed by atoms with E-state index in [0.717, 1.165) is 36.8 Å². The van der Waals surface area contributed by atoms with Crippen molar-refractivity contribution in [3.63, 3.8) is 0 Å². The van der Waals surface area contributed by atoms with Crippen molar-refractivity contribution in [2.75, 3.05) is 22.9 Å². The SMILES string of the molecule is Cc1cc(C)nc(N2CC3CC(C2)N3c2ncnc(C(C)(C)C)c2F)n1. The first kappa shape index (κ1) is 17.1. The van der Waals surface area contributed by atoms with Crippen molar-refractivity contribution in [2.24, 2.45) is 0 Å². The number of piperazine rings is 1. The van der Waals surface area contributed by atoms with Crippen LogP contribution in [0.5, 0.6) is 0 Å². The van der Waals surface area contributed by atoms with Gasteiger partial charge in [0.1, 0.15) is 6.33 Å². The molecule has 0 radical (unpaired) electrons. The third kappa shape index (κ3) is 2.79. The molecule has 2 bridgehead atoms. The second-order valence-corrected chi connectivity index (χ2v) is 8.42. The molecule has 7 heteroatoms. The fourth-order valence-electron chi connectivity index (χ4n) is 4.03. The van der Waals surface area contributed by atoms with Crippen LogP contribution in [0.4, 0.5) is 16.2 Å². The number of hydrogen-bond donors (Lipinski definition) is 0. The van der Waals surface area contributed by atoms with Crippen LogP contribution in [-0.4, -0.2) is 45.1 Å². The Kier molecular flexibility index (Phi) is 3.86. The Balaban J connectivity index is 1.59. The minimum absolute atomic E-state index is 0.232. The highest BCUT2D eigenvalue weighted by atomic mass is 19.1. The second kappa shape index (κ2) is 5.86. The summed E-state index contributed by atoms with van der Waals surface area (Å²) < 4.78 is 15.1. The third-order valence-electron chi connectivity index (χ3n) is 5.17. The summed E-state index contributed by atoms with van der Waals surface area (Å²) in [4.78, 5) is 21.9. The molecule has 2 unspecified atom stereocenters. The van der Waals surface area contributed by atoms with Gasteiger partial charge in [-0.25, -0.2) is 24.3 Å². The molecule has 0 spiro atoms. The first-order valence-corrected chi connectivity index (χ1v) is 9.10. The molecule has 2 aromatic rings. The van der Waals surface area contributed by atoms with Gasteiger partial charge in [-0.2, -0.15) is 0 Å². The van der Waals surface area contributed by atoms with Gasteiger partial charge in [-0.3, -0.25) is 0 Å². The molecular weight excluding hydrogens is 331 g/mol. The maximum absolute atomic E-state index is 15.1. The molecule has 3 aliphatic rings. The predicted octanol–water partition coefficient (Wildman–Crippen LogP) is 2.79. The van der Waals surface area contributed by atoms with E-state index in [1.807, 2.05) is 40.7 Å². The number of aryl methyl sites for hydroxylation is 2. The van der Waals surface area contributed by atoms with Gasteiger partial charge in [0.05, 0.1) is 17.8 Å². The third-order valence-corrected chi connectivity index (χ3v) is 5.17. The Labute approximate surface area is 153 Å². The number of piperidine rings is 1. The zero-order chi connectivity index (χ0) is 18.6. The summed E-state index contributed by atoms with van der Waals surface area (Å²) >= 11 is 0. The van der Waals surface area contributed by atoms with Gasteiger partial charge in [0.15, 0.2) is 11.6 Å². The highest BCUT2D eigenvalue weighted by Crippen LogP contribution is 2.39. The van der Waals surface area contributed by atoms with Crippen molar-refractivity contribution in [2.45, 2.75) is 58.5 Å². The summed E-state index contributed by atoms with van der Waals surface area (Å²) in [6.07, 6.45) is 2.54. The highest BCUT2D eigenvalue weighted by Gasteiger charge is 2.47. The average Bonchev–Trinajstić information content (AvgIpc) is 2.55. The van der Waals surface area contributed by atoms with E-state index < -0.39 is 0 Å².